The maximum absolute atomic E-state index is 13.0. The van der Waals surface area contributed by atoms with Crippen LogP contribution in [0, 0.1) is 5.41 Å². The maximum Gasteiger partial charge on any atom is 0.242 e. The van der Waals surface area contributed by atoms with Crippen molar-refractivity contribution in [1.29, 1.82) is 0 Å². The van der Waals surface area contributed by atoms with Crippen LogP contribution in [0.1, 0.15) is 24.8 Å². The highest BCUT2D eigenvalue weighted by Gasteiger charge is 2.57. The lowest BCUT2D eigenvalue weighted by Crippen LogP contribution is -2.44. The normalized spacial score (nSPS) is 24.2. The lowest BCUT2D eigenvalue weighted by molar-refractivity contribution is -0.139. The molecule has 1 unspecified atom stereocenters. The first kappa shape index (κ1) is 19.0. The molecule has 1 N–H and O–H groups in total. The van der Waals surface area contributed by atoms with Crippen LogP contribution in [0.15, 0.2) is 16.8 Å². The molecular formula is C17H24ClN3O2S2. The van der Waals surface area contributed by atoms with Gasteiger partial charge in [0, 0.05) is 12.6 Å². The molecule has 1 aromatic rings. The zero-order valence-electron chi connectivity index (χ0n) is 14.1. The summed E-state index contributed by atoms with van der Waals surface area (Å²) in [6, 6.07) is 2.44. The van der Waals surface area contributed by atoms with E-state index in [9.17, 15) is 9.59 Å². The van der Waals surface area contributed by atoms with E-state index in [4.69, 9.17) is 0 Å². The summed E-state index contributed by atoms with van der Waals surface area (Å²) in [7, 11) is 0. The number of thioether (sulfide) groups is 1. The Morgan fingerprint density at radius 2 is 2.20 bits per heavy atom. The molecule has 0 aromatic carbocycles. The van der Waals surface area contributed by atoms with Crippen molar-refractivity contribution in [2.24, 2.45) is 5.41 Å². The fraction of sp³-hybridized carbons (Fsp3) is 0.647. The highest BCUT2D eigenvalue weighted by Crippen LogP contribution is 2.56. The zero-order valence-corrected chi connectivity index (χ0v) is 16.6. The third kappa shape index (κ3) is 3.99. The number of halogens is 1. The van der Waals surface area contributed by atoms with Gasteiger partial charge >= 0.3 is 0 Å². The van der Waals surface area contributed by atoms with Crippen LogP contribution in [0.4, 0.5) is 0 Å². The molecule has 25 heavy (non-hydrogen) atoms. The Morgan fingerprint density at radius 1 is 1.40 bits per heavy atom. The van der Waals surface area contributed by atoms with E-state index in [0.717, 1.165) is 32.4 Å². The van der Waals surface area contributed by atoms with E-state index in [2.05, 4.69) is 27.0 Å². The maximum atomic E-state index is 13.0. The summed E-state index contributed by atoms with van der Waals surface area (Å²) >= 11 is 3.26. The van der Waals surface area contributed by atoms with E-state index < -0.39 is 0 Å². The highest BCUT2D eigenvalue weighted by atomic mass is 35.5. The molecule has 3 aliphatic rings. The smallest absolute Gasteiger partial charge is 0.242 e. The van der Waals surface area contributed by atoms with E-state index in [1.54, 1.807) is 28.0 Å². The first-order valence-electron chi connectivity index (χ1n) is 8.55. The Bertz CT molecular complexity index is 619. The molecule has 2 aliphatic heterocycles. The summed E-state index contributed by atoms with van der Waals surface area (Å²) in [5.74, 6) is 1.36. The fourth-order valence-corrected chi connectivity index (χ4v) is 5.54. The zero-order chi connectivity index (χ0) is 16.6. The average Bonchev–Trinajstić information content (AvgIpc) is 2.96. The van der Waals surface area contributed by atoms with Crippen molar-refractivity contribution in [3.05, 3.63) is 22.4 Å². The van der Waals surface area contributed by atoms with Gasteiger partial charge in [-0.3, -0.25) is 9.59 Å². The molecule has 1 atom stereocenters. The fourth-order valence-electron chi connectivity index (χ4n) is 3.97. The lowest BCUT2D eigenvalue weighted by Gasteiger charge is -2.30. The lowest BCUT2D eigenvalue weighted by atomic mass is 9.93. The topological polar surface area (TPSA) is 52.7 Å². The number of rotatable bonds is 5. The van der Waals surface area contributed by atoms with Gasteiger partial charge < -0.3 is 15.1 Å². The van der Waals surface area contributed by atoms with Crippen LogP contribution in [-0.4, -0.2) is 58.9 Å². The van der Waals surface area contributed by atoms with Crippen molar-refractivity contribution in [3.8, 4) is 0 Å². The monoisotopic (exact) mass is 401 g/mol. The van der Waals surface area contributed by atoms with Gasteiger partial charge in [0.25, 0.3) is 0 Å². The van der Waals surface area contributed by atoms with Gasteiger partial charge in [0.1, 0.15) is 6.54 Å². The van der Waals surface area contributed by atoms with Crippen LogP contribution in [0.2, 0.25) is 0 Å². The van der Waals surface area contributed by atoms with Crippen LogP contribution >= 0.6 is 35.5 Å². The summed E-state index contributed by atoms with van der Waals surface area (Å²) in [4.78, 5) is 28.6. The number of carbonyl (C=O) groups excluding carboxylic acids is 2. The molecule has 1 aromatic heterocycles. The minimum absolute atomic E-state index is 0. The third-order valence-electron chi connectivity index (χ3n) is 5.53. The van der Waals surface area contributed by atoms with Gasteiger partial charge in [0.05, 0.1) is 11.6 Å². The molecule has 3 fully saturated rings. The van der Waals surface area contributed by atoms with Crippen molar-refractivity contribution in [1.82, 2.24) is 15.1 Å². The van der Waals surface area contributed by atoms with Crippen LogP contribution in [0.3, 0.4) is 0 Å². The first-order chi connectivity index (χ1) is 11.7. The Hall–Kier alpha value is -0.760. The number of piperidine rings is 1. The van der Waals surface area contributed by atoms with Gasteiger partial charge in [-0.1, -0.05) is 0 Å². The number of carbonyl (C=O) groups is 2. The van der Waals surface area contributed by atoms with Gasteiger partial charge in [0.2, 0.25) is 11.8 Å². The van der Waals surface area contributed by atoms with E-state index in [1.165, 1.54) is 5.56 Å². The van der Waals surface area contributed by atoms with Gasteiger partial charge in [-0.05, 0) is 60.2 Å². The number of nitrogens with one attached hydrogen (secondary N) is 1. The van der Waals surface area contributed by atoms with E-state index in [1.807, 2.05) is 0 Å². The number of hydrogen-bond donors (Lipinski definition) is 1. The van der Waals surface area contributed by atoms with Gasteiger partial charge in [-0.25, -0.2) is 0 Å². The minimum atomic E-state index is 0. The van der Waals surface area contributed by atoms with Gasteiger partial charge in [-0.15, -0.1) is 24.2 Å². The van der Waals surface area contributed by atoms with Crippen LogP contribution in [0.5, 0.6) is 0 Å². The first-order valence-corrected chi connectivity index (χ1v) is 10.6. The van der Waals surface area contributed by atoms with Crippen molar-refractivity contribution >= 4 is 47.3 Å². The largest absolute Gasteiger partial charge is 0.333 e. The second-order valence-electron chi connectivity index (χ2n) is 7.05. The molecule has 5 nitrogen and oxygen atoms in total. The average molecular weight is 402 g/mol. The summed E-state index contributed by atoms with van der Waals surface area (Å²) in [6.07, 6.45) is 3.43. The standard InChI is InChI=1S/C17H23N3O2S2.ClH/c21-15(9-19-12-24-11-16(19)22)20(8-13-1-6-23-10-13)14-7-17(14)2-4-18-5-3-17;/h1,6,10,14,18H,2-5,7-9,11-12H2;1H. The van der Waals surface area contributed by atoms with E-state index >= 15 is 0 Å². The Labute approximate surface area is 162 Å². The molecule has 0 radical (unpaired) electrons. The summed E-state index contributed by atoms with van der Waals surface area (Å²) in [5.41, 5.74) is 1.52. The molecule has 1 aliphatic carbocycles. The number of amides is 2. The molecule has 2 amide bonds. The predicted molar refractivity (Wildman–Crippen MR) is 104 cm³/mol. The highest BCUT2D eigenvalue weighted by molar-refractivity contribution is 8.00. The molecule has 0 bridgehead atoms. The van der Waals surface area contributed by atoms with Crippen LogP contribution < -0.4 is 5.32 Å². The quantitative estimate of drug-likeness (QED) is 0.821. The summed E-state index contributed by atoms with van der Waals surface area (Å²) in [5, 5.41) is 7.60. The van der Waals surface area contributed by atoms with Crippen molar-refractivity contribution in [2.45, 2.75) is 31.8 Å². The van der Waals surface area contributed by atoms with Gasteiger partial charge in [-0.2, -0.15) is 11.3 Å². The molecule has 3 heterocycles. The molecule has 138 valence electrons. The number of hydrogen-bond acceptors (Lipinski definition) is 5. The Balaban J connectivity index is 0.00000182. The van der Waals surface area contributed by atoms with Gasteiger partial charge in [0.15, 0.2) is 0 Å². The Kier molecular flexibility index (Phi) is 5.98. The van der Waals surface area contributed by atoms with Crippen molar-refractivity contribution < 1.29 is 9.59 Å². The molecular weight excluding hydrogens is 378 g/mol. The number of thiophene rings is 1. The molecule has 4 rings (SSSR count). The minimum Gasteiger partial charge on any atom is -0.333 e. The molecule has 1 saturated carbocycles. The number of nitrogens with zero attached hydrogens (tertiary/aromatic N) is 2. The summed E-state index contributed by atoms with van der Waals surface area (Å²) in [6.45, 7) is 3.02. The van der Waals surface area contributed by atoms with Crippen LogP contribution in [0.25, 0.3) is 0 Å². The Morgan fingerprint density at radius 3 is 2.84 bits per heavy atom. The van der Waals surface area contributed by atoms with E-state index in [0.29, 0.717) is 29.6 Å². The third-order valence-corrected chi connectivity index (χ3v) is 7.20. The molecule has 1 spiro atoms. The second-order valence-corrected chi connectivity index (χ2v) is 8.79. The van der Waals surface area contributed by atoms with Crippen molar-refractivity contribution in [3.63, 3.8) is 0 Å². The second kappa shape index (κ2) is 7.86. The predicted octanol–water partition coefficient (Wildman–Crippen LogP) is 2.17. The summed E-state index contributed by atoms with van der Waals surface area (Å²) < 4.78 is 0. The van der Waals surface area contributed by atoms with E-state index in [-0.39, 0.29) is 30.8 Å². The van der Waals surface area contributed by atoms with Crippen molar-refractivity contribution in [2.75, 3.05) is 31.3 Å². The molecule has 2 saturated heterocycles. The van der Waals surface area contributed by atoms with Crippen LogP contribution in [-0.2, 0) is 16.1 Å². The molecule has 8 heteroatoms. The SMILES string of the molecule is Cl.O=C1CSCN1CC(=O)N(Cc1ccsc1)C1CC12CCNCC2.